The summed E-state index contributed by atoms with van der Waals surface area (Å²) in [5.41, 5.74) is -0.468. The Bertz CT molecular complexity index is 349. The fourth-order valence-corrected chi connectivity index (χ4v) is 3.59. The van der Waals surface area contributed by atoms with E-state index in [2.05, 4.69) is 0 Å². The van der Waals surface area contributed by atoms with E-state index in [0.29, 0.717) is 24.6 Å². The van der Waals surface area contributed by atoms with Gasteiger partial charge >= 0.3 is 6.09 Å². The van der Waals surface area contributed by atoms with Crippen molar-refractivity contribution in [1.29, 1.82) is 0 Å². The lowest BCUT2D eigenvalue weighted by Crippen LogP contribution is -2.34. The summed E-state index contributed by atoms with van der Waals surface area (Å²) < 4.78 is 31.4. The molecule has 0 atom stereocenters. The van der Waals surface area contributed by atoms with Crippen molar-refractivity contribution < 1.29 is 18.3 Å². The molecule has 0 bridgehead atoms. The van der Waals surface area contributed by atoms with Crippen LogP contribution in [0.25, 0.3) is 0 Å². The average molecular weight is 337 g/mol. The standard InChI is InChI=1S/C16H29F2NO2S/c1-15(2,3)21-14(20)19(4)11-5-6-12-22-13-7-9-16(17,18)10-8-13/h13H,5-12H2,1-4H3. The van der Waals surface area contributed by atoms with Crippen LogP contribution in [0, 0.1) is 0 Å². The number of ether oxygens (including phenoxy) is 1. The topological polar surface area (TPSA) is 29.5 Å². The number of halogens is 2. The average Bonchev–Trinajstić information content (AvgIpc) is 2.38. The number of carbonyl (C=O) groups excluding carboxylic acids is 1. The molecule has 0 aromatic heterocycles. The molecular formula is C16H29F2NO2S. The summed E-state index contributed by atoms with van der Waals surface area (Å²) in [5.74, 6) is -1.47. The van der Waals surface area contributed by atoms with Gasteiger partial charge in [-0.3, -0.25) is 0 Å². The Morgan fingerprint density at radius 3 is 2.41 bits per heavy atom. The summed E-state index contributed by atoms with van der Waals surface area (Å²) in [7, 11) is 1.74. The minimum atomic E-state index is -2.44. The Morgan fingerprint density at radius 2 is 1.86 bits per heavy atom. The SMILES string of the molecule is CN(CCCCSC1CCC(F)(F)CC1)C(=O)OC(C)(C)C. The molecular weight excluding hydrogens is 308 g/mol. The van der Waals surface area contributed by atoms with Gasteiger partial charge in [-0.15, -0.1) is 0 Å². The first-order chi connectivity index (χ1) is 10.1. The maximum Gasteiger partial charge on any atom is 0.410 e. The van der Waals surface area contributed by atoms with Crippen molar-refractivity contribution in [2.45, 2.75) is 76.1 Å². The first kappa shape index (κ1) is 19.5. The van der Waals surface area contributed by atoms with Crippen LogP contribution in [0.5, 0.6) is 0 Å². The van der Waals surface area contributed by atoms with Gasteiger partial charge in [0.05, 0.1) is 0 Å². The van der Waals surface area contributed by atoms with Gasteiger partial charge in [0, 0.05) is 31.7 Å². The zero-order valence-electron chi connectivity index (χ0n) is 14.2. The van der Waals surface area contributed by atoms with Crippen LogP contribution in [0.4, 0.5) is 13.6 Å². The van der Waals surface area contributed by atoms with Gasteiger partial charge in [-0.05, 0) is 52.2 Å². The molecule has 0 radical (unpaired) electrons. The van der Waals surface area contributed by atoms with Gasteiger partial charge in [0.25, 0.3) is 0 Å². The minimum absolute atomic E-state index is 0.0338. The summed E-state index contributed by atoms with van der Waals surface area (Å²) in [6.45, 7) is 6.22. The van der Waals surface area contributed by atoms with Crippen molar-refractivity contribution in [1.82, 2.24) is 4.90 Å². The molecule has 0 heterocycles. The smallest absolute Gasteiger partial charge is 0.410 e. The molecule has 0 saturated heterocycles. The van der Waals surface area contributed by atoms with Gasteiger partial charge in [-0.1, -0.05) is 0 Å². The molecule has 1 aliphatic carbocycles. The number of hydrogen-bond donors (Lipinski definition) is 0. The first-order valence-corrected chi connectivity index (χ1v) is 9.07. The molecule has 0 aromatic rings. The highest BCUT2D eigenvalue weighted by molar-refractivity contribution is 7.99. The molecule has 6 heteroatoms. The van der Waals surface area contributed by atoms with E-state index >= 15 is 0 Å². The number of amides is 1. The molecule has 0 aromatic carbocycles. The molecule has 0 unspecified atom stereocenters. The molecule has 130 valence electrons. The molecule has 22 heavy (non-hydrogen) atoms. The number of alkyl halides is 2. The number of unbranched alkanes of at least 4 members (excludes halogenated alkanes) is 1. The predicted molar refractivity (Wildman–Crippen MR) is 87.8 cm³/mol. The van der Waals surface area contributed by atoms with Gasteiger partial charge in [-0.2, -0.15) is 11.8 Å². The first-order valence-electron chi connectivity index (χ1n) is 8.03. The van der Waals surface area contributed by atoms with Crippen LogP contribution in [0.15, 0.2) is 0 Å². The fourth-order valence-electron chi connectivity index (χ4n) is 2.31. The largest absolute Gasteiger partial charge is 0.444 e. The molecule has 1 amide bonds. The van der Waals surface area contributed by atoms with E-state index in [-0.39, 0.29) is 18.9 Å². The van der Waals surface area contributed by atoms with Crippen molar-refractivity contribution in [2.24, 2.45) is 0 Å². The summed E-state index contributed by atoms with van der Waals surface area (Å²) in [5, 5.41) is 0.378. The molecule has 1 saturated carbocycles. The second-order valence-corrected chi connectivity index (χ2v) is 8.44. The van der Waals surface area contributed by atoms with E-state index in [1.807, 2.05) is 20.8 Å². The van der Waals surface area contributed by atoms with Crippen molar-refractivity contribution in [3.63, 3.8) is 0 Å². The molecule has 0 N–H and O–H groups in total. The van der Waals surface area contributed by atoms with Crippen molar-refractivity contribution >= 4 is 17.9 Å². The van der Waals surface area contributed by atoms with Gasteiger partial charge < -0.3 is 9.64 Å². The molecule has 1 fully saturated rings. The molecule has 1 rings (SSSR count). The third kappa shape index (κ3) is 8.20. The summed E-state index contributed by atoms with van der Waals surface area (Å²) >= 11 is 1.80. The van der Waals surface area contributed by atoms with Gasteiger partial charge in [-0.25, -0.2) is 13.6 Å². The number of rotatable bonds is 6. The second kappa shape index (κ2) is 8.37. The Kier molecular flexibility index (Phi) is 7.42. The number of carbonyl (C=O) groups is 1. The van der Waals surface area contributed by atoms with E-state index < -0.39 is 11.5 Å². The van der Waals surface area contributed by atoms with Crippen LogP contribution in [-0.4, -0.2) is 47.1 Å². The molecule has 3 nitrogen and oxygen atoms in total. The summed E-state index contributed by atoms with van der Waals surface area (Å²) in [6, 6.07) is 0. The Labute approximate surface area is 137 Å². The van der Waals surface area contributed by atoms with Crippen LogP contribution in [0.2, 0.25) is 0 Å². The maximum absolute atomic E-state index is 13.0. The summed E-state index contributed by atoms with van der Waals surface area (Å²) in [4.78, 5) is 13.4. The third-order valence-corrected chi connectivity index (χ3v) is 5.08. The lowest BCUT2D eigenvalue weighted by molar-refractivity contribution is -0.0323. The van der Waals surface area contributed by atoms with Crippen molar-refractivity contribution in [2.75, 3.05) is 19.3 Å². The zero-order chi connectivity index (χ0) is 16.8. The van der Waals surface area contributed by atoms with Gasteiger partial charge in [0.2, 0.25) is 5.92 Å². The Morgan fingerprint density at radius 1 is 1.27 bits per heavy atom. The highest BCUT2D eigenvalue weighted by Crippen LogP contribution is 2.37. The monoisotopic (exact) mass is 337 g/mol. The maximum atomic E-state index is 13.0. The van der Waals surface area contributed by atoms with E-state index in [1.165, 1.54) is 0 Å². The van der Waals surface area contributed by atoms with Crippen LogP contribution in [0.3, 0.4) is 0 Å². The minimum Gasteiger partial charge on any atom is -0.444 e. The Hall–Kier alpha value is -0.520. The van der Waals surface area contributed by atoms with Crippen molar-refractivity contribution in [3.05, 3.63) is 0 Å². The molecule has 0 spiro atoms. The van der Waals surface area contributed by atoms with Crippen LogP contribution in [0.1, 0.15) is 59.3 Å². The van der Waals surface area contributed by atoms with E-state index in [0.717, 1.165) is 18.6 Å². The number of hydrogen-bond acceptors (Lipinski definition) is 3. The van der Waals surface area contributed by atoms with Gasteiger partial charge in [0.1, 0.15) is 5.60 Å². The summed E-state index contributed by atoms with van der Waals surface area (Å²) in [6.07, 6.45) is 2.91. The quantitative estimate of drug-likeness (QED) is 0.643. The van der Waals surface area contributed by atoms with Crippen LogP contribution < -0.4 is 0 Å². The van der Waals surface area contributed by atoms with Crippen LogP contribution in [-0.2, 0) is 4.74 Å². The predicted octanol–water partition coefficient (Wildman–Crippen LogP) is 4.94. The van der Waals surface area contributed by atoms with Crippen molar-refractivity contribution in [3.8, 4) is 0 Å². The number of nitrogens with zero attached hydrogens (tertiary/aromatic N) is 1. The zero-order valence-corrected chi connectivity index (χ0v) is 15.0. The fraction of sp³-hybridized carbons (Fsp3) is 0.938. The Balaban J connectivity index is 2.07. The van der Waals surface area contributed by atoms with E-state index in [9.17, 15) is 13.6 Å². The third-order valence-electron chi connectivity index (χ3n) is 3.61. The molecule has 0 aliphatic heterocycles. The van der Waals surface area contributed by atoms with E-state index in [4.69, 9.17) is 4.74 Å². The number of thioether (sulfide) groups is 1. The van der Waals surface area contributed by atoms with E-state index in [1.54, 1.807) is 23.7 Å². The highest BCUT2D eigenvalue weighted by Gasteiger charge is 2.34. The normalized spacial score (nSPS) is 19.0. The lowest BCUT2D eigenvalue weighted by Gasteiger charge is -2.28. The van der Waals surface area contributed by atoms with Crippen LogP contribution >= 0.6 is 11.8 Å². The van der Waals surface area contributed by atoms with Gasteiger partial charge in [0.15, 0.2) is 0 Å². The molecule has 1 aliphatic rings. The lowest BCUT2D eigenvalue weighted by atomic mass is 9.96. The second-order valence-electron chi connectivity index (χ2n) is 7.04. The highest BCUT2D eigenvalue weighted by atomic mass is 32.2.